The molecule has 1 atom stereocenters. The predicted molar refractivity (Wildman–Crippen MR) is 188 cm³/mol. The van der Waals surface area contributed by atoms with Crippen LogP contribution >= 0.6 is 0 Å². The van der Waals surface area contributed by atoms with Gasteiger partial charge in [0.05, 0.1) is 5.41 Å². The standard InChI is InChI=1S/C45H32O/c1-44(31-17-5-2-6-18-31)38-27-12-11-23-34(38)35-24-15-25-36(42(35)44)37-26-16-30-41-43(37)45(32-19-7-3-8-20-32,33-21-9-4-10-22-33)39-28-13-14-29-40(39)46-41/h2-30H,1H3. The number of fused-ring (bicyclic) bond motifs is 5. The third-order valence-corrected chi connectivity index (χ3v) is 10.3. The predicted octanol–water partition coefficient (Wildman–Crippen LogP) is 11.2. The average Bonchev–Trinajstić information content (AvgIpc) is 3.40. The van der Waals surface area contributed by atoms with E-state index in [9.17, 15) is 0 Å². The van der Waals surface area contributed by atoms with Crippen molar-refractivity contribution in [1.29, 1.82) is 0 Å². The van der Waals surface area contributed by atoms with Crippen LogP contribution < -0.4 is 4.74 Å². The monoisotopic (exact) mass is 588 g/mol. The Labute approximate surface area is 270 Å². The molecule has 1 aliphatic carbocycles. The molecular weight excluding hydrogens is 556 g/mol. The maximum Gasteiger partial charge on any atom is 0.132 e. The van der Waals surface area contributed by atoms with Gasteiger partial charge in [0.15, 0.2) is 0 Å². The molecule has 1 heterocycles. The third-order valence-electron chi connectivity index (χ3n) is 10.3. The quantitative estimate of drug-likeness (QED) is 0.199. The lowest BCUT2D eigenvalue weighted by Gasteiger charge is -2.43. The Bertz CT molecular complexity index is 2190. The Morgan fingerprint density at radius 2 is 0.783 bits per heavy atom. The van der Waals surface area contributed by atoms with E-state index < -0.39 is 5.41 Å². The van der Waals surface area contributed by atoms with Crippen LogP contribution in [0.1, 0.15) is 45.9 Å². The molecule has 1 unspecified atom stereocenters. The fraction of sp³-hybridized carbons (Fsp3) is 0.0667. The molecular formula is C45H32O. The number of ether oxygens (including phenoxy) is 1. The van der Waals surface area contributed by atoms with Crippen molar-refractivity contribution >= 4 is 0 Å². The van der Waals surface area contributed by atoms with E-state index in [0.29, 0.717) is 0 Å². The zero-order valence-electron chi connectivity index (χ0n) is 25.7. The zero-order valence-corrected chi connectivity index (χ0v) is 25.7. The SMILES string of the molecule is CC1(c2ccccc2)c2ccccc2-c2cccc(-c3cccc4c3C(c3ccccc3)(c3ccccc3)c3ccccc3O4)c21. The summed E-state index contributed by atoms with van der Waals surface area (Å²) in [6.45, 7) is 2.40. The summed E-state index contributed by atoms with van der Waals surface area (Å²) in [6, 6.07) is 63.9. The summed E-state index contributed by atoms with van der Waals surface area (Å²) in [6.07, 6.45) is 0. The van der Waals surface area contributed by atoms with Gasteiger partial charge < -0.3 is 4.74 Å². The summed E-state index contributed by atoms with van der Waals surface area (Å²) in [5.74, 6) is 1.78. The van der Waals surface area contributed by atoms with Crippen molar-refractivity contribution < 1.29 is 4.74 Å². The average molecular weight is 589 g/mol. The molecule has 0 fully saturated rings. The highest BCUT2D eigenvalue weighted by Crippen LogP contribution is 2.60. The number of para-hydroxylation sites is 1. The molecule has 1 heteroatoms. The highest BCUT2D eigenvalue weighted by molar-refractivity contribution is 5.92. The first kappa shape index (κ1) is 26.7. The summed E-state index contributed by atoms with van der Waals surface area (Å²) < 4.78 is 6.86. The van der Waals surface area contributed by atoms with Crippen LogP contribution in [-0.4, -0.2) is 0 Å². The van der Waals surface area contributed by atoms with E-state index in [2.05, 4.69) is 183 Å². The Balaban J connectivity index is 1.43. The second-order valence-corrected chi connectivity index (χ2v) is 12.5. The van der Waals surface area contributed by atoms with Crippen molar-refractivity contribution in [2.45, 2.75) is 17.8 Å². The summed E-state index contributed by atoms with van der Waals surface area (Å²) in [5, 5.41) is 0. The molecule has 1 nitrogen and oxygen atoms in total. The Kier molecular flexibility index (Phi) is 5.92. The van der Waals surface area contributed by atoms with E-state index in [-0.39, 0.29) is 5.41 Å². The lowest BCUT2D eigenvalue weighted by atomic mass is 9.61. The largest absolute Gasteiger partial charge is 0.457 e. The second-order valence-electron chi connectivity index (χ2n) is 12.5. The first-order valence-electron chi connectivity index (χ1n) is 16.0. The van der Waals surface area contributed by atoms with Crippen LogP contribution in [0.3, 0.4) is 0 Å². The van der Waals surface area contributed by atoms with E-state index in [4.69, 9.17) is 4.74 Å². The fourth-order valence-electron chi connectivity index (χ4n) is 8.39. The molecule has 0 saturated carbocycles. The molecule has 9 rings (SSSR count). The maximum atomic E-state index is 6.86. The van der Waals surface area contributed by atoms with Crippen LogP contribution in [0, 0.1) is 0 Å². The van der Waals surface area contributed by atoms with E-state index in [1.807, 2.05) is 0 Å². The molecule has 1 aliphatic heterocycles. The first-order valence-corrected chi connectivity index (χ1v) is 16.0. The van der Waals surface area contributed by atoms with Gasteiger partial charge in [0, 0.05) is 16.5 Å². The summed E-state index contributed by atoms with van der Waals surface area (Å²) in [7, 11) is 0. The van der Waals surface area contributed by atoms with Gasteiger partial charge in [-0.3, -0.25) is 0 Å². The maximum absolute atomic E-state index is 6.86. The second kappa shape index (κ2) is 10.2. The van der Waals surface area contributed by atoms with Gasteiger partial charge in [-0.1, -0.05) is 164 Å². The molecule has 218 valence electrons. The lowest BCUT2D eigenvalue weighted by molar-refractivity contribution is 0.435. The summed E-state index contributed by atoms with van der Waals surface area (Å²) in [5.41, 5.74) is 12.8. The molecule has 0 spiro atoms. The zero-order chi connectivity index (χ0) is 30.7. The summed E-state index contributed by atoms with van der Waals surface area (Å²) in [4.78, 5) is 0. The van der Waals surface area contributed by atoms with Gasteiger partial charge >= 0.3 is 0 Å². The summed E-state index contributed by atoms with van der Waals surface area (Å²) >= 11 is 0. The van der Waals surface area contributed by atoms with Crippen molar-refractivity contribution in [3.63, 3.8) is 0 Å². The van der Waals surface area contributed by atoms with Crippen molar-refractivity contribution in [2.24, 2.45) is 0 Å². The van der Waals surface area contributed by atoms with Crippen molar-refractivity contribution in [3.8, 4) is 33.8 Å². The van der Waals surface area contributed by atoms with E-state index >= 15 is 0 Å². The molecule has 46 heavy (non-hydrogen) atoms. The smallest absolute Gasteiger partial charge is 0.132 e. The van der Waals surface area contributed by atoms with Gasteiger partial charge in [-0.25, -0.2) is 0 Å². The first-order chi connectivity index (χ1) is 22.7. The van der Waals surface area contributed by atoms with Gasteiger partial charge in [-0.05, 0) is 69.1 Å². The highest BCUT2D eigenvalue weighted by Gasteiger charge is 2.48. The van der Waals surface area contributed by atoms with Gasteiger partial charge in [-0.2, -0.15) is 0 Å². The van der Waals surface area contributed by atoms with Crippen LogP contribution in [0.2, 0.25) is 0 Å². The van der Waals surface area contributed by atoms with Crippen molar-refractivity contribution in [3.05, 3.63) is 215 Å². The molecule has 2 aliphatic rings. The number of benzene rings is 7. The van der Waals surface area contributed by atoms with Gasteiger partial charge in [0.1, 0.15) is 11.5 Å². The van der Waals surface area contributed by atoms with Gasteiger partial charge in [0.25, 0.3) is 0 Å². The Hall–Kier alpha value is -5.66. The van der Waals surface area contributed by atoms with E-state index in [0.717, 1.165) is 17.1 Å². The minimum atomic E-state index is -0.610. The number of hydrogen-bond acceptors (Lipinski definition) is 1. The van der Waals surface area contributed by atoms with Crippen molar-refractivity contribution in [2.75, 3.05) is 0 Å². The Morgan fingerprint density at radius 1 is 0.348 bits per heavy atom. The van der Waals surface area contributed by atoms with E-state index in [1.165, 1.54) is 55.6 Å². The Morgan fingerprint density at radius 3 is 1.43 bits per heavy atom. The molecule has 0 amide bonds. The van der Waals surface area contributed by atoms with E-state index in [1.54, 1.807) is 0 Å². The van der Waals surface area contributed by atoms with Crippen LogP contribution in [0.4, 0.5) is 0 Å². The fourth-order valence-corrected chi connectivity index (χ4v) is 8.39. The molecule has 0 saturated heterocycles. The van der Waals surface area contributed by atoms with Gasteiger partial charge in [0.2, 0.25) is 0 Å². The number of hydrogen-bond donors (Lipinski definition) is 0. The van der Waals surface area contributed by atoms with Crippen LogP contribution in [0.15, 0.2) is 176 Å². The molecule has 7 aromatic rings. The minimum absolute atomic E-state index is 0.345. The van der Waals surface area contributed by atoms with Crippen LogP contribution in [-0.2, 0) is 10.8 Å². The number of rotatable bonds is 4. The van der Waals surface area contributed by atoms with Crippen molar-refractivity contribution in [1.82, 2.24) is 0 Å². The normalized spacial score (nSPS) is 16.8. The minimum Gasteiger partial charge on any atom is -0.457 e. The molecule has 0 radical (unpaired) electrons. The molecule has 0 N–H and O–H groups in total. The lowest BCUT2D eigenvalue weighted by Crippen LogP contribution is -2.35. The molecule has 0 aromatic heterocycles. The van der Waals surface area contributed by atoms with Crippen LogP contribution in [0.5, 0.6) is 11.5 Å². The molecule has 7 aromatic carbocycles. The van der Waals surface area contributed by atoms with Crippen LogP contribution in [0.25, 0.3) is 22.3 Å². The molecule has 0 bridgehead atoms. The third kappa shape index (κ3) is 3.57. The topological polar surface area (TPSA) is 9.23 Å². The van der Waals surface area contributed by atoms with Gasteiger partial charge in [-0.15, -0.1) is 0 Å². The highest BCUT2D eigenvalue weighted by atomic mass is 16.5.